The minimum atomic E-state index is -0.0162. The van der Waals surface area contributed by atoms with Crippen LogP contribution in [-0.4, -0.2) is 47.3 Å². The van der Waals surface area contributed by atoms with Gasteiger partial charge in [-0.3, -0.25) is 4.90 Å². The molecule has 0 aliphatic carbocycles. The van der Waals surface area contributed by atoms with Crippen LogP contribution >= 0.6 is 0 Å². The zero-order chi connectivity index (χ0) is 14.4. The fourth-order valence-electron chi connectivity index (χ4n) is 4.89. The molecule has 3 nitrogen and oxygen atoms in total. The average Bonchev–Trinajstić information content (AvgIpc) is 2.94. The molecule has 1 N–H and O–H groups in total. The van der Waals surface area contributed by atoms with Gasteiger partial charge < -0.3 is 10.1 Å². The molecule has 116 valence electrons. The van der Waals surface area contributed by atoms with Crippen molar-refractivity contribution in [1.29, 1.82) is 0 Å². The highest BCUT2D eigenvalue weighted by Gasteiger charge is 2.50. The first-order chi connectivity index (χ1) is 9.39. The van der Waals surface area contributed by atoms with Crippen LogP contribution in [-0.2, 0) is 4.74 Å². The summed E-state index contributed by atoms with van der Waals surface area (Å²) in [4.78, 5) is 2.81. The van der Waals surface area contributed by atoms with Crippen molar-refractivity contribution >= 4 is 0 Å². The van der Waals surface area contributed by atoms with Gasteiger partial charge in [-0.15, -0.1) is 0 Å². The maximum atomic E-state index is 6.35. The summed E-state index contributed by atoms with van der Waals surface area (Å²) in [5, 5.41) is 3.75. The van der Waals surface area contributed by atoms with Crippen molar-refractivity contribution in [3.63, 3.8) is 0 Å². The van der Waals surface area contributed by atoms with Crippen LogP contribution < -0.4 is 5.32 Å². The molecular weight excluding hydrogens is 248 g/mol. The van der Waals surface area contributed by atoms with Gasteiger partial charge in [0.1, 0.15) is 0 Å². The molecule has 0 spiro atoms. The van der Waals surface area contributed by atoms with E-state index >= 15 is 0 Å². The molecule has 3 rings (SSSR count). The lowest BCUT2D eigenvalue weighted by atomic mass is 9.86. The van der Waals surface area contributed by atoms with Crippen molar-refractivity contribution in [2.24, 2.45) is 0 Å². The Bertz CT molecular complexity index is 347. The lowest BCUT2D eigenvalue weighted by molar-refractivity contribution is -0.0880. The summed E-state index contributed by atoms with van der Waals surface area (Å²) in [6, 6.07) is 2.02. The van der Waals surface area contributed by atoms with Gasteiger partial charge in [0.25, 0.3) is 0 Å². The summed E-state index contributed by atoms with van der Waals surface area (Å²) in [6.07, 6.45) is 8.00. The summed E-state index contributed by atoms with van der Waals surface area (Å²) in [6.45, 7) is 11.6. The molecule has 0 amide bonds. The first-order valence-electron chi connectivity index (χ1n) is 8.58. The average molecular weight is 280 g/mol. The van der Waals surface area contributed by atoms with Crippen molar-refractivity contribution in [1.82, 2.24) is 10.2 Å². The molecule has 0 aromatic carbocycles. The van der Waals surface area contributed by atoms with Gasteiger partial charge in [-0.05, 0) is 72.9 Å². The summed E-state index contributed by atoms with van der Waals surface area (Å²) >= 11 is 0. The Hall–Kier alpha value is -0.120. The highest BCUT2D eigenvalue weighted by atomic mass is 16.5. The molecule has 3 heterocycles. The Morgan fingerprint density at radius 2 is 1.85 bits per heavy atom. The van der Waals surface area contributed by atoms with Gasteiger partial charge in [-0.25, -0.2) is 0 Å². The third-order valence-corrected chi connectivity index (χ3v) is 5.58. The van der Waals surface area contributed by atoms with Gasteiger partial charge in [0, 0.05) is 18.1 Å². The molecule has 0 saturated carbocycles. The molecular formula is C17H32N2O. The highest BCUT2D eigenvalue weighted by Crippen LogP contribution is 2.42. The lowest BCUT2D eigenvalue weighted by Gasteiger charge is -2.46. The second-order valence-corrected chi connectivity index (χ2v) is 8.19. The molecule has 0 aromatic rings. The third kappa shape index (κ3) is 2.77. The van der Waals surface area contributed by atoms with Crippen LogP contribution in [0.1, 0.15) is 66.2 Å². The van der Waals surface area contributed by atoms with E-state index in [9.17, 15) is 0 Å². The molecule has 3 unspecified atom stereocenters. The maximum absolute atomic E-state index is 6.35. The number of piperidine rings is 1. The van der Waals surface area contributed by atoms with Crippen LogP contribution in [0.5, 0.6) is 0 Å². The highest BCUT2D eigenvalue weighted by molar-refractivity contribution is 5.04. The molecule has 3 atom stereocenters. The Labute approximate surface area is 124 Å². The second kappa shape index (κ2) is 5.26. The van der Waals surface area contributed by atoms with Gasteiger partial charge in [0.2, 0.25) is 0 Å². The number of nitrogens with zero attached hydrogens (tertiary/aromatic N) is 1. The van der Waals surface area contributed by atoms with Crippen LogP contribution in [0.15, 0.2) is 0 Å². The van der Waals surface area contributed by atoms with E-state index in [1.165, 1.54) is 51.6 Å². The Morgan fingerprint density at radius 3 is 2.45 bits per heavy atom. The van der Waals surface area contributed by atoms with Gasteiger partial charge in [0.15, 0.2) is 0 Å². The van der Waals surface area contributed by atoms with E-state index in [0.717, 1.165) is 12.1 Å². The molecule has 3 aliphatic heterocycles. The molecule has 3 fully saturated rings. The largest absolute Gasteiger partial charge is 0.368 e. The van der Waals surface area contributed by atoms with E-state index in [0.29, 0.717) is 6.04 Å². The monoisotopic (exact) mass is 280 g/mol. The van der Waals surface area contributed by atoms with Crippen molar-refractivity contribution < 1.29 is 4.74 Å². The predicted molar refractivity (Wildman–Crippen MR) is 83.0 cm³/mol. The first-order valence-corrected chi connectivity index (χ1v) is 8.58. The molecule has 0 bridgehead atoms. The molecule has 0 radical (unpaired) electrons. The smallest absolute Gasteiger partial charge is 0.0789 e. The Morgan fingerprint density at radius 1 is 1.05 bits per heavy atom. The quantitative estimate of drug-likeness (QED) is 0.841. The third-order valence-electron chi connectivity index (χ3n) is 5.58. The summed E-state index contributed by atoms with van der Waals surface area (Å²) < 4.78 is 6.35. The van der Waals surface area contributed by atoms with Gasteiger partial charge in [-0.2, -0.15) is 0 Å². The van der Waals surface area contributed by atoms with Crippen LogP contribution in [0.25, 0.3) is 0 Å². The van der Waals surface area contributed by atoms with E-state index in [-0.39, 0.29) is 11.2 Å². The Balaban J connectivity index is 1.79. The van der Waals surface area contributed by atoms with E-state index < -0.39 is 0 Å². The topological polar surface area (TPSA) is 24.5 Å². The number of nitrogens with one attached hydrogen (secondary N) is 1. The van der Waals surface area contributed by atoms with Crippen LogP contribution in [0, 0.1) is 0 Å². The number of hydrogen-bond acceptors (Lipinski definition) is 3. The standard InChI is InChI=1S/C17H32N2O/c1-16(2)12-15(17(3,4)20-16)19-11-6-5-9-14(19)13-8-7-10-18-13/h13-15,18H,5-12H2,1-4H3. The summed E-state index contributed by atoms with van der Waals surface area (Å²) in [5.41, 5.74) is 0.0109. The molecule has 3 saturated heterocycles. The van der Waals surface area contributed by atoms with Crippen molar-refractivity contribution in [3.8, 4) is 0 Å². The molecule has 20 heavy (non-hydrogen) atoms. The SMILES string of the molecule is CC1(C)CC(N2CCCCC2C2CCCN2)C(C)(C)O1. The van der Waals surface area contributed by atoms with E-state index in [2.05, 4.69) is 37.9 Å². The van der Waals surface area contributed by atoms with Crippen molar-refractivity contribution in [2.75, 3.05) is 13.1 Å². The van der Waals surface area contributed by atoms with Crippen molar-refractivity contribution in [3.05, 3.63) is 0 Å². The number of likely N-dealkylation sites (tertiary alicyclic amines) is 1. The number of ether oxygens (including phenoxy) is 1. The second-order valence-electron chi connectivity index (χ2n) is 8.19. The van der Waals surface area contributed by atoms with Gasteiger partial charge >= 0.3 is 0 Å². The summed E-state index contributed by atoms with van der Waals surface area (Å²) in [5.74, 6) is 0. The maximum Gasteiger partial charge on any atom is 0.0789 e. The van der Waals surface area contributed by atoms with Crippen LogP contribution in [0.3, 0.4) is 0 Å². The lowest BCUT2D eigenvalue weighted by Crippen LogP contribution is -2.58. The van der Waals surface area contributed by atoms with E-state index in [1.807, 2.05) is 0 Å². The first kappa shape index (κ1) is 14.8. The van der Waals surface area contributed by atoms with Gasteiger partial charge in [0.05, 0.1) is 11.2 Å². The van der Waals surface area contributed by atoms with Crippen LogP contribution in [0.2, 0.25) is 0 Å². The molecule has 3 heteroatoms. The Kier molecular flexibility index (Phi) is 3.89. The molecule has 0 aromatic heterocycles. The molecule has 3 aliphatic rings. The predicted octanol–water partition coefficient (Wildman–Crippen LogP) is 2.94. The normalized spacial score (nSPS) is 41.1. The summed E-state index contributed by atoms with van der Waals surface area (Å²) in [7, 11) is 0. The fraction of sp³-hybridized carbons (Fsp3) is 1.00. The van der Waals surface area contributed by atoms with E-state index in [1.54, 1.807) is 0 Å². The zero-order valence-electron chi connectivity index (χ0n) is 13.7. The van der Waals surface area contributed by atoms with Crippen LogP contribution in [0.4, 0.5) is 0 Å². The van der Waals surface area contributed by atoms with Crippen molar-refractivity contribution in [2.45, 2.75) is 95.5 Å². The van der Waals surface area contributed by atoms with Gasteiger partial charge in [-0.1, -0.05) is 6.42 Å². The minimum Gasteiger partial charge on any atom is -0.368 e. The fourth-order valence-corrected chi connectivity index (χ4v) is 4.89. The van der Waals surface area contributed by atoms with E-state index in [4.69, 9.17) is 4.74 Å². The minimum absolute atomic E-state index is 0.0162. The number of rotatable bonds is 2. The zero-order valence-corrected chi connectivity index (χ0v) is 13.7. The number of hydrogen-bond donors (Lipinski definition) is 1.